The second kappa shape index (κ2) is 10.6. The predicted octanol–water partition coefficient (Wildman–Crippen LogP) is 4.39. The summed E-state index contributed by atoms with van der Waals surface area (Å²) in [6.45, 7) is 2.47. The SMILES string of the molecule is CCCCC1SC(=NC(=O)C2CC2)N(Cc2ccc(-c3ccccc3-c3nn[nH]n3)cc2)C1C(=O)O. The van der Waals surface area contributed by atoms with E-state index >= 15 is 0 Å². The van der Waals surface area contributed by atoms with Crippen LogP contribution in [0.2, 0.25) is 0 Å². The number of unbranched alkanes of at least 4 members (excludes halogenated alkanes) is 1. The largest absolute Gasteiger partial charge is 0.480 e. The molecule has 2 fully saturated rings. The van der Waals surface area contributed by atoms with E-state index in [2.05, 4.69) is 32.5 Å². The lowest BCUT2D eigenvalue weighted by Crippen LogP contribution is -2.42. The van der Waals surface area contributed by atoms with E-state index in [4.69, 9.17) is 0 Å². The van der Waals surface area contributed by atoms with Crippen molar-refractivity contribution in [2.45, 2.75) is 56.9 Å². The van der Waals surface area contributed by atoms with E-state index < -0.39 is 12.0 Å². The third kappa shape index (κ3) is 5.18. The highest BCUT2D eigenvalue weighted by molar-refractivity contribution is 8.14. The zero-order valence-electron chi connectivity index (χ0n) is 20.0. The first-order chi connectivity index (χ1) is 17.5. The molecule has 3 aromatic rings. The van der Waals surface area contributed by atoms with Crippen LogP contribution < -0.4 is 0 Å². The van der Waals surface area contributed by atoms with Crippen molar-refractivity contribution in [3.63, 3.8) is 0 Å². The predicted molar refractivity (Wildman–Crippen MR) is 138 cm³/mol. The fraction of sp³-hybridized carbons (Fsp3) is 0.385. The Kier molecular flexibility index (Phi) is 7.13. The molecule has 36 heavy (non-hydrogen) atoms. The van der Waals surface area contributed by atoms with E-state index in [0.717, 1.165) is 54.4 Å². The summed E-state index contributed by atoms with van der Waals surface area (Å²) in [5.41, 5.74) is 3.78. The molecule has 0 bridgehead atoms. The van der Waals surface area contributed by atoms with Crippen molar-refractivity contribution in [3.8, 4) is 22.5 Å². The Hall–Kier alpha value is -3.53. The molecule has 1 aliphatic heterocycles. The van der Waals surface area contributed by atoms with E-state index in [1.54, 1.807) is 4.90 Å². The number of carboxylic acids is 1. The Morgan fingerprint density at radius 3 is 2.53 bits per heavy atom. The number of aliphatic carboxylic acids is 1. The molecule has 186 valence electrons. The monoisotopic (exact) mass is 504 g/mol. The van der Waals surface area contributed by atoms with Gasteiger partial charge in [0.1, 0.15) is 6.04 Å². The lowest BCUT2D eigenvalue weighted by atomic mass is 9.98. The number of hydrogen-bond donors (Lipinski definition) is 2. The van der Waals surface area contributed by atoms with Gasteiger partial charge in [-0.05, 0) is 41.2 Å². The number of rotatable bonds is 9. The molecule has 2 unspecified atom stereocenters. The van der Waals surface area contributed by atoms with Gasteiger partial charge in [-0.2, -0.15) is 10.2 Å². The number of benzene rings is 2. The maximum atomic E-state index is 12.5. The molecule has 1 aromatic heterocycles. The number of aliphatic imine (C=N–C) groups is 1. The number of nitrogens with zero attached hydrogens (tertiary/aromatic N) is 5. The summed E-state index contributed by atoms with van der Waals surface area (Å²) in [6, 6.07) is 15.1. The molecular formula is C26H28N6O3S. The van der Waals surface area contributed by atoms with Gasteiger partial charge in [0.15, 0.2) is 5.17 Å². The fourth-order valence-electron chi connectivity index (χ4n) is 4.47. The Morgan fingerprint density at radius 1 is 1.14 bits per heavy atom. The molecule has 1 aliphatic carbocycles. The molecule has 2 heterocycles. The second-order valence-electron chi connectivity index (χ2n) is 9.19. The minimum absolute atomic E-state index is 0.00326. The van der Waals surface area contributed by atoms with Crippen molar-refractivity contribution in [3.05, 3.63) is 54.1 Å². The van der Waals surface area contributed by atoms with Gasteiger partial charge in [0, 0.05) is 23.3 Å². The number of H-pyrrole nitrogens is 1. The maximum Gasteiger partial charge on any atom is 0.327 e. The highest BCUT2D eigenvalue weighted by Gasteiger charge is 2.44. The van der Waals surface area contributed by atoms with Crippen LogP contribution in [0.5, 0.6) is 0 Å². The van der Waals surface area contributed by atoms with Crippen LogP contribution in [0.25, 0.3) is 22.5 Å². The van der Waals surface area contributed by atoms with Gasteiger partial charge in [0.2, 0.25) is 5.82 Å². The van der Waals surface area contributed by atoms with Crippen LogP contribution in [0.3, 0.4) is 0 Å². The number of nitrogens with one attached hydrogen (secondary N) is 1. The molecule has 10 heteroatoms. The van der Waals surface area contributed by atoms with Crippen LogP contribution in [0.4, 0.5) is 0 Å². The number of carboxylic acid groups (broad SMARTS) is 1. The summed E-state index contributed by atoms with van der Waals surface area (Å²) in [6.07, 6.45) is 4.44. The maximum absolute atomic E-state index is 12.5. The number of aromatic nitrogens is 4. The number of carbonyl (C=O) groups is 2. The zero-order chi connectivity index (χ0) is 25.1. The minimum Gasteiger partial charge on any atom is -0.480 e. The molecule has 2 N–H and O–H groups in total. The van der Waals surface area contributed by atoms with Crippen molar-refractivity contribution < 1.29 is 14.7 Å². The summed E-state index contributed by atoms with van der Waals surface area (Å²) in [7, 11) is 0. The van der Waals surface area contributed by atoms with Crippen LogP contribution >= 0.6 is 11.8 Å². The Bertz CT molecular complexity index is 1260. The lowest BCUT2D eigenvalue weighted by Gasteiger charge is -2.25. The van der Waals surface area contributed by atoms with Crippen molar-refractivity contribution in [2.75, 3.05) is 0 Å². The normalized spacial score (nSPS) is 20.7. The lowest BCUT2D eigenvalue weighted by molar-refractivity contribution is -0.141. The van der Waals surface area contributed by atoms with Crippen LogP contribution in [0.15, 0.2) is 53.5 Å². The molecule has 1 saturated heterocycles. The van der Waals surface area contributed by atoms with Crippen LogP contribution in [0.1, 0.15) is 44.6 Å². The molecule has 2 aliphatic rings. The smallest absolute Gasteiger partial charge is 0.327 e. The fourth-order valence-corrected chi connectivity index (χ4v) is 5.87. The highest BCUT2D eigenvalue weighted by atomic mass is 32.2. The molecule has 9 nitrogen and oxygen atoms in total. The first-order valence-corrected chi connectivity index (χ1v) is 13.1. The Balaban J connectivity index is 1.41. The standard InChI is InChI=1S/C26H28N6O3S/c1-2-3-8-21-22(25(34)35)32(26(36-21)27-24(33)18-13-14-18)15-16-9-11-17(12-10-16)19-6-4-5-7-20(19)23-28-30-31-29-23/h4-7,9-12,18,21-22H,2-3,8,13-15H2,1H3,(H,34,35)(H,28,29,30,31). The molecular weight excluding hydrogens is 476 g/mol. The van der Waals surface area contributed by atoms with Crippen molar-refractivity contribution in [1.82, 2.24) is 25.5 Å². The quantitative estimate of drug-likeness (QED) is 0.440. The molecule has 0 radical (unpaired) electrons. The Labute approximate surface area is 213 Å². The number of hydrogen-bond acceptors (Lipinski definition) is 6. The van der Waals surface area contributed by atoms with Gasteiger partial charge in [-0.1, -0.05) is 80.1 Å². The van der Waals surface area contributed by atoms with Gasteiger partial charge in [-0.15, -0.1) is 10.2 Å². The molecule has 0 spiro atoms. The average Bonchev–Trinajstić information content (AvgIpc) is 3.49. The minimum atomic E-state index is -0.877. The van der Waals surface area contributed by atoms with Crippen LogP contribution in [-0.2, 0) is 16.1 Å². The van der Waals surface area contributed by atoms with Gasteiger partial charge < -0.3 is 10.0 Å². The van der Waals surface area contributed by atoms with Crippen molar-refractivity contribution >= 4 is 28.8 Å². The number of tetrazole rings is 1. The van der Waals surface area contributed by atoms with E-state index in [-0.39, 0.29) is 17.1 Å². The summed E-state index contributed by atoms with van der Waals surface area (Å²) in [5, 5.41) is 24.9. The third-order valence-electron chi connectivity index (χ3n) is 6.55. The number of amidine groups is 1. The topological polar surface area (TPSA) is 124 Å². The third-order valence-corrected chi connectivity index (χ3v) is 7.88. The summed E-state index contributed by atoms with van der Waals surface area (Å²) < 4.78 is 0. The van der Waals surface area contributed by atoms with Gasteiger partial charge in [-0.25, -0.2) is 4.79 Å². The van der Waals surface area contributed by atoms with E-state index in [1.165, 1.54) is 11.8 Å². The second-order valence-corrected chi connectivity index (χ2v) is 10.4. The van der Waals surface area contributed by atoms with Crippen molar-refractivity contribution in [2.24, 2.45) is 10.9 Å². The molecule has 5 rings (SSSR count). The number of carbonyl (C=O) groups excluding carboxylic acids is 1. The first-order valence-electron chi connectivity index (χ1n) is 12.3. The van der Waals surface area contributed by atoms with Crippen LogP contribution in [0, 0.1) is 5.92 Å². The van der Waals surface area contributed by atoms with E-state index in [1.807, 2.05) is 48.5 Å². The summed E-state index contributed by atoms with van der Waals surface area (Å²) >= 11 is 1.44. The van der Waals surface area contributed by atoms with Gasteiger partial charge in [0.05, 0.1) is 0 Å². The van der Waals surface area contributed by atoms with Crippen LogP contribution in [-0.4, -0.2) is 59.0 Å². The zero-order valence-corrected chi connectivity index (χ0v) is 20.8. The first kappa shape index (κ1) is 24.2. The van der Waals surface area contributed by atoms with Crippen molar-refractivity contribution in [1.29, 1.82) is 0 Å². The molecule has 2 aromatic carbocycles. The highest BCUT2D eigenvalue weighted by Crippen LogP contribution is 2.38. The summed E-state index contributed by atoms with van der Waals surface area (Å²) in [5.74, 6) is -0.488. The molecule has 2 atom stereocenters. The average molecular weight is 505 g/mol. The number of thioether (sulfide) groups is 1. The van der Waals surface area contributed by atoms with E-state index in [9.17, 15) is 14.7 Å². The van der Waals surface area contributed by atoms with E-state index in [0.29, 0.717) is 17.5 Å². The number of amides is 1. The van der Waals surface area contributed by atoms with Gasteiger partial charge >= 0.3 is 5.97 Å². The van der Waals surface area contributed by atoms with Gasteiger partial charge in [-0.3, -0.25) is 4.79 Å². The van der Waals surface area contributed by atoms with Gasteiger partial charge in [0.25, 0.3) is 5.91 Å². The molecule has 1 saturated carbocycles. The molecule has 1 amide bonds. The summed E-state index contributed by atoms with van der Waals surface area (Å²) in [4.78, 5) is 31.0. The number of aromatic amines is 1. The Morgan fingerprint density at radius 2 is 1.89 bits per heavy atom.